The van der Waals surface area contributed by atoms with E-state index in [0.29, 0.717) is 10.9 Å². The van der Waals surface area contributed by atoms with Crippen LogP contribution in [-0.2, 0) is 0 Å². The van der Waals surface area contributed by atoms with E-state index in [2.05, 4.69) is 15.2 Å². The maximum absolute atomic E-state index is 11.2. The van der Waals surface area contributed by atoms with Gasteiger partial charge in [-0.3, -0.25) is 4.79 Å². The molecule has 4 nitrogen and oxygen atoms in total. The Morgan fingerprint density at radius 1 is 1.38 bits per heavy atom. The molecule has 0 saturated heterocycles. The number of aromatic nitrogens is 3. The molecular formula is C7H3Cl2N3O. The number of hydrogen-bond acceptors (Lipinski definition) is 3. The topological polar surface area (TPSA) is 58.6 Å². The van der Waals surface area contributed by atoms with Gasteiger partial charge in [0.2, 0.25) is 0 Å². The van der Waals surface area contributed by atoms with Crippen molar-refractivity contribution >= 4 is 34.1 Å². The average molecular weight is 216 g/mol. The molecule has 2 rings (SSSR count). The molecule has 2 heterocycles. The molecule has 0 aliphatic rings. The molecule has 0 fully saturated rings. The van der Waals surface area contributed by atoms with E-state index in [1.807, 2.05) is 0 Å². The maximum atomic E-state index is 11.2. The summed E-state index contributed by atoms with van der Waals surface area (Å²) in [6.07, 6.45) is 1.42. The number of halogens is 2. The Balaban J connectivity index is 2.97. The highest BCUT2D eigenvalue weighted by molar-refractivity contribution is 6.41. The van der Waals surface area contributed by atoms with Gasteiger partial charge in [-0.15, -0.1) is 0 Å². The van der Waals surface area contributed by atoms with Crippen LogP contribution in [0.3, 0.4) is 0 Å². The summed E-state index contributed by atoms with van der Waals surface area (Å²) in [6.45, 7) is 0. The van der Waals surface area contributed by atoms with Crippen molar-refractivity contribution in [3.63, 3.8) is 0 Å². The number of nitrogens with one attached hydrogen (secondary N) is 1. The van der Waals surface area contributed by atoms with Gasteiger partial charge in [-0.25, -0.2) is 10.1 Å². The number of H-pyrrole nitrogens is 1. The van der Waals surface area contributed by atoms with Gasteiger partial charge in [-0.05, 0) is 6.07 Å². The van der Waals surface area contributed by atoms with E-state index in [1.54, 1.807) is 0 Å². The molecule has 66 valence electrons. The summed E-state index contributed by atoms with van der Waals surface area (Å²) in [7, 11) is 0. The molecule has 0 aliphatic heterocycles. The van der Waals surface area contributed by atoms with Gasteiger partial charge in [0.25, 0.3) is 5.56 Å². The van der Waals surface area contributed by atoms with Crippen LogP contribution in [0.2, 0.25) is 10.2 Å². The smallest absolute Gasteiger partial charge is 0.267 e. The van der Waals surface area contributed by atoms with Crippen LogP contribution in [0.25, 0.3) is 10.9 Å². The third kappa shape index (κ3) is 1.38. The maximum Gasteiger partial charge on any atom is 0.273 e. The zero-order valence-corrected chi connectivity index (χ0v) is 7.73. The van der Waals surface area contributed by atoms with Crippen molar-refractivity contribution in [2.24, 2.45) is 0 Å². The van der Waals surface area contributed by atoms with Crippen molar-refractivity contribution in [2.75, 3.05) is 0 Å². The van der Waals surface area contributed by atoms with E-state index in [0.717, 1.165) is 0 Å². The molecule has 0 unspecified atom stereocenters. The van der Waals surface area contributed by atoms with Crippen LogP contribution < -0.4 is 5.56 Å². The van der Waals surface area contributed by atoms with Crippen LogP contribution in [0.15, 0.2) is 17.1 Å². The zero-order chi connectivity index (χ0) is 9.42. The highest BCUT2D eigenvalue weighted by Gasteiger charge is 2.04. The first-order valence-corrected chi connectivity index (χ1v) is 4.13. The highest BCUT2D eigenvalue weighted by Crippen LogP contribution is 2.21. The minimum absolute atomic E-state index is 0.168. The number of pyridine rings is 1. The predicted molar refractivity (Wildman–Crippen MR) is 50.2 cm³/mol. The SMILES string of the molecule is O=c1[nH]ncc2nc(Cl)c(Cl)cc12. The number of rotatable bonds is 0. The second-order valence-electron chi connectivity index (χ2n) is 2.39. The van der Waals surface area contributed by atoms with Crippen LogP contribution in [-0.4, -0.2) is 15.2 Å². The first-order chi connectivity index (χ1) is 6.18. The van der Waals surface area contributed by atoms with Crippen LogP contribution in [0.5, 0.6) is 0 Å². The van der Waals surface area contributed by atoms with E-state index in [-0.39, 0.29) is 15.7 Å². The monoisotopic (exact) mass is 215 g/mol. The molecule has 13 heavy (non-hydrogen) atoms. The molecule has 2 aromatic heterocycles. The molecule has 1 N–H and O–H groups in total. The van der Waals surface area contributed by atoms with Gasteiger partial charge in [0, 0.05) is 0 Å². The fourth-order valence-electron chi connectivity index (χ4n) is 0.972. The average Bonchev–Trinajstić information content (AvgIpc) is 2.09. The fourth-order valence-corrected chi connectivity index (χ4v) is 1.27. The summed E-state index contributed by atoms with van der Waals surface area (Å²) < 4.78 is 0. The molecule has 0 bridgehead atoms. The van der Waals surface area contributed by atoms with Crippen molar-refractivity contribution in [2.45, 2.75) is 0 Å². The second kappa shape index (κ2) is 2.97. The number of hydrogen-bond donors (Lipinski definition) is 1. The van der Waals surface area contributed by atoms with Gasteiger partial charge in [0.05, 0.1) is 22.1 Å². The van der Waals surface area contributed by atoms with E-state index in [4.69, 9.17) is 23.2 Å². The van der Waals surface area contributed by atoms with Gasteiger partial charge in [-0.1, -0.05) is 23.2 Å². The summed E-state index contributed by atoms with van der Waals surface area (Å²) in [5.41, 5.74) is 0.0988. The molecule has 0 atom stereocenters. The quantitative estimate of drug-likeness (QED) is 0.680. The molecule has 0 radical (unpaired) electrons. The van der Waals surface area contributed by atoms with E-state index in [9.17, 15) is 4.79 Å². The molecular weight excluding hydrogens is 213 g/mol. The fraction of sp³-hybridized carbons (Fsp3) is 0. The predicted octanol–water partition coefficient (Wildman–Crippen LogP) is 1.62. The lowest BCUT2D eigenvalue weighted by molar-refractivity contribution is 1.00. The number of nitrogens with zero attached hydrogens (tertiary/aromatic N) is 2. The first-order valence-electron chi connectivity index (χ1n) is 3.38. The lowest BCUT2D eigenvalue weighted by Gasteiger charge is -1.97. The summed E-state index contributed by atoms with van der Waals surface area (Å²) in [4.78, 5) is 15.1. The normalized spacial score (nSPS) is 10.6. The Kier molecular flexibility index (Phi) is 1.94. The Labute approximate surface area is 82.5 Å². The Morgan fingerprint density at radius 2 is 2.15 bits per heavy atom. The van der Waals surface area contributed by atoms with Gasteiger partial charge < -0.3 is 0 Å². The number of aromatic amines is 1. The zero-order valence-electron chi connectivity index (χ0n) is 6.21. The third-order valence-electron chi connectivity index (χ3n) is 1.56. The van der Waals surface area contributed by atoms with Crippen LogP contribution in [0.1, 0.15) is 0 Å². The molecule has 2 aromatic rings. The molecule has 0 saturated carbocycles. The largest absolute Gasteiger partial charge is 0.273 e. The van der Waals surface area contributed by atoms with E-state index < -0.39 is 0 Å². The highest BCUT2D eigenvalue weighted by atomic mass is 35.5. The summed E-state index contributed by atoms with van der Waals surface area (Å²) >= 11 is 11.3. The van der Waals surface area contributed by atoms with Gasteiger partial charge in [-0.2, -0.15) is 5.10 Å². The standard InChI is InChI=1S/C7H3Cl2N3O/c8-4-1-3-5(11-6(4)9)2-10-12-7(3)13/h1-2H,(H,12,13). The minimum Gasteiger partial charge on any atom is -0.267 e. The van der Waals surface area contributed by atoms with E-state index >= 15 is 0 Å². The summed E-state index contributed by atoms with van der Waals surface area (Å²) in [5, 5.41) is 6.66. The first kappa shape index (κ1) is 8.47. The second-order valence-corrected chi connectivity index (χ2v) is 3.16. The van der Waals surface area contributed by atoms with Crippen LogP contribution >= 0.6 is 23.2 Å². The van der Waals surface area contributed by atoms with Crippen molar-refractivity contribution in [3.8, 4) is 0 Å². The number of fused-ring (bicyclic) bond motifs is 1. The van der Waals surface area contributed by atoms with Crippen molar-refractivity contribution in [1.29, 1.82) is 0 Å². The summed E-state index contributed by atoms with van der Waals surface area (Å²) in [6, 6.07) is 1.47. The van der Waals surface area contributed by atoms with Crippen molar-refractivity contribution in [1.82, 2.24) is 15.2 Å². The van der Waals surface area contributed by atoms with E-state index in [1.165, 1.54) is 12.3 Å². The molecule has 0 amide bonds. The van der Waals surface area contributed by atoms with Gasteiger partial charge in [0.15, 0.2) is 0 Å². The molecule has 0 spiro atoms. The molecule has 6 heteroatoms. The Bertz CT molecular complexity index is 523. The van der Waals surface area contributed by atoms with Crippen LogP contribution in [0, 0.1) is 0 Å². The lowest BCUT2D eigenvalue weighted by Crippen LogP contribution is -2.08. The minimum atomic E-state index is -0.330. The van der Waals surface area contributed by atoms with Crippen molar-refractivity contribution < 1.29 is 0 Å². The Hall–Kier alpha value is -1.13. The third-order valence-corrected chi connectivity index (χ3v) is 2.23. The Morgan fingerprint density at radius 3 is 2.92 bits per heavy atom. The summed E-state index contributed by atoms with van der Waals surface area (Å²) in [5.74, 6) is 0. The van der Waals surface area contributed by atoms with Gasteiger partial charge >= 0.3 is 0 Å². The van der Waals surface area contributed by atoms with Gasteiger partial charge in [0.1, 0.15) is 5.15 Å². The molecule has 0 aliphatic carbocycles. The molecule has 0 aromatic carbocycles. The van der Waals surface area contributed by atoms with Crippen molar-refractivity contribution in [3.05, 3.63) is 32.8 Å². The lowest BCUT2D eigenvalue weighted by atomic mass is 10.3. The van der Waals surface area contributed by atoms with Crippen LogP contribution in [0.4, 0.5) is 0 Å².